The fraction of sp³-hybridized carbons (Fsp3) is 0.588. The second-order valence-electron chi connectivity index (χ2n) is 6.26. The van der Waals surface area contributed by atoms with E-state index in [1.165, 1.54) is 12.8 Å². The molecule has 3 rings (SSSR count). The summed E-state index contributed by atoms with van der Waals surface area (Å²) in [6, 6.07) is 7.37. The summed E-state index contributed by atoms with van der Waals surface area (Å²) < 4.78 is 11.6. The first-order valence-corrected chi connectivity index (χ1v) is 7.83. The molecule has 4 heteroatoms. The van der Waals surface area contributed by atoms with E-state index < -0.39 is 0 Å². The summed E-state index contributed by atoms with van der Waals surface area (Å²) in [5, 5.41) is 0. The third-order valence-electron chi connectivity index (χ3n) is 4.59. The van der Waals surface area contributed by atoms with Crippen molar-refractivity contribution < 1.29 is 14.3 Å². The Balaban J connectivity index is 1.53. The molecular formula is C17H23NO3. The van der Waals surface area contributed by atoms with Crippen molar-refractivity contribution in [2.24, 2.45) is 0 Å². The lowest BCUT2D eigenvalue weighted by Gasteiger charge is -2.37. The van der Waals surface area contributed by atoms with Gasteiger partial charge in [-0.3, -0.25) is 4.79 Å². The fourth-order valence-electron chi connectivity index (χ4n) is 3.48. The number of anilines is 1. The van der Waals surface area contributed by atoms with Crippen LogP contribution in [0.4, 0.5) is 5.69 Å². The lowest BCUT2D eigenvalue weighted by Crippen LogP contribution is -2.41. The van der Waals surface area contributed by atoms with Gasteiger partial charge in [0.1, 0.15) is 6.10 Å². The normalized spacial score (nSPS) is 24.1. The predicted molar refractivity (Wildman–Crippen MR) is 80.8 cm³/mol. The van der Waals surface area contributed by atoms with Crippen LogP contribution in [0.3, 0.4) is 0 Å². The molecule has 2 N–H and O–H groups in total. The largest absolute Gasteiger partial charge is 0.462 e. The number of benzene rings is 1. The number of carbonyl (C=O) groups excluding carboxylic acids is 1. The molecule has 1 aliphatic heterocycles. The second kappa shape index (κ2) is 6.06. The summed E-state index contributed by atoms with van der Waals surface area (Å²) in [7, 11) is 0. The molecule has 2 aliphatic rings. The van der Waals surface area contributed by atoms with E-state index in [1.54, 1.807) is 0 Å². The monoisotopic (exact) mass is 289 g/mol. The Morgan fingerprint density at radius 2 is 2.00 bits per heavy atom. The molecule has 1 saturated heterocycles. The van der Waals surface area contributed by atoms with Gasteiger partial charge in [-0.15, -0.1) is 0 Å². The van der Waals surface area contributed by atoms with E-state index >= 15 is 0 Å². The zero-order chi connectivity index (χ0) is 14.7. The number of carbonyl (C=O) groups is 1. The first-order valence-electron chi connectivity index (χ1n) is 7.83. The van der Waals surface area contributed by atoms with E-state index in [0.717, 1.165) is 31.2 Å². The molecule has 21 heavy (non-hydrogen) atoms. The summed E-state index contributed by atoms with van der Waals surface area (Å²) in [5.74, 6) is -0.153. The van der Waals surface area contributed by atoms with E-state index in [-0.39, 0.29) is 17.7 Å². The van der Waals surface area contributed by atoms with Gasteiger partial charge in [0.2, 0.25) is 0 Å². The lowest BCUT2D eigenvalue weighted by atomic mass is 9.90. The topological polar surface area (TPSA) is 61.6 Å². The smallest absolute Gasteiger partial charge is 0.310 e. The summed E-state index contributed by atoms with van der Waals surface area (Å²) in [6.45, 7) is 0.708. The number of hydrogen-bond acceptors (Lipinski definition) is 4. The van der Waals surface area contributed by atoms with Crippen LogP contribution in [-0.4, -0.2) is 24.3 Å². The van der Waals surface area contributed by atoms with Gasteiger partial charge in [0.25, 0.3) is 0 Å². The zero-order valence-electron chi connectivity index (χ0n) is 12.3. The predicted octanol–water partition coefficient (Wildman–Crippen LogP) is 2.85. The number of hydrogen-bond donors (Lipinski definition) is 1. The highest BCUT2D eigenvalue weighted by Gasteiger charge is 2.41. The van der Waals surface area contributed by atoms with Gasteiger partial charge in [-0.2, -0.15) is 0 Å². The Kier molecular flexibility index (Phi) is 4.15. The number of esters is 1. The summed E-state index contributed by atoms with van der Waals surface area (Å²) in [6.07, 6.45) is 6.68. The van der Waals surface area contributed by atoms with Gasteiger partial charge in [-0.1, -0.05) is 25.0 Å². The van der Waals surface area contributed by atoms with Crippen LogP contribution < -0.4 is 5.73 Å². The van der Waals surface area contributed by atoms with Crippen molar-refractivity contribution in [3.05, 3.63) is 29.8 Å². The summed E-state index contributed by atoms with van der Waals surface area (Å²) >= 11 is 0. The van der Waals surface area contributed by atoms with E-state index in [2.05, 4.69) is 0 Å². The maximum absolute atomic E-state index is 12.1. The maximum atomic E-state index is 12.1. The Morgan fingerprint density at radius 1 is 1.29 bits per heavy atom. The number of nitrogen functional groups attached to an aromatic ring is 1. The van der Waals surface area contributed by atoms with Crippen molar-refractivity contribution in [2.45, 2.75) is 56.7 Å². The Labute approximate surface area is 125 Å². The standard InChI is InChI=1S/C17H23NO3/c18-14-5-3-13(4-6-14)11-16(19)21-15-7-10-20-17(12-15)8-1-2-9-17/h3-6,15H,1-2,7-12,18H2. The van der Waals surface area contributed by atoms with Crippen molar-refractivity contribution in [1.82, 2.24) is 0 Å². The van der Waals surface area contributed by atoms with Crippen molar-refractivity contribution in [3.63, 3.8) is 0 Å². The maximum Gasteiger partial charge on any atom is 0.310 e. The van der Waals surface area contributed by atoms with Gasteiger partial charge >= 0.3 is 5.97 Å². The van der Waals surface area contributed by atoms with Crippen molar-refractivity contribution in [1.29, 1.82) is 0 Å². The van der Waals surface area contributed by atoms with Crippen molar-refractivity contribution in [3.8, 4) is 0 Å². The molecule has 1 atom stereocenters. The molecule has 114 valence electrons. The molecule has 0 radical (unpaired) electrons. The SMILES string of the molecule is Nc1ccc(CC(=O)OC2CCOC3(CCCC3)C2)cc1. The molecule has 1 spiro atoms. The highest BCUT2D eigenvalue weighted by molar-refractivity contribution is 5.73. The van der Waals surface area contributed by atoms with Crippen LogP contribution in [0, 0.1) is 0 Å². The minimum Gasteiger partial charge on any atom is -0.462 e. The molecule has 0 aromatic heterocycles. The van der Waals surface area contributed by atoms with Crippen LogP contribution >= 0.6 is 0 Å². The highest BCUT2D eigenvalue weighted by Crippen LogP contribution is 2.40. The van der Waals surface area contributed by atoms with Crippen LogP contribution in [0.25, 0.3) is 0 Å². The van der Waals surface area contributed by atoms with Crippen LogP contribution in [0.5, 0.6) is 0 Å². The quantitative estimate of drug-likeness (QED) is 0.686. The molecule has 0 bridgehead atoms. The molecule has 1 aromatic rings. The van der Waals surface area contributed by atoms with Crippen LogP contribution in [0.2, 0.25) is 0 Å². The third kappa shape index (κ3) is 3.56. The van der Waals surface area contributed by atoms with E-state index in [0.29, 0.717) is 18.7 Å². The molecule has 1 unspecified atom stereocenters. The molecule has 1 aromatic carbocycles. The average molecular weight is 289 g/mol. The average Bonchev–Trinajstić information content (AvgIpc) is 2.89. The Morgan fingerprint density at radius 3 is 2.71 bits per heavy atom. The minimum absolute atomic E-state index is 0.00953. The fourth-order valence-corrected chi connectivity index (χ4v) is 3.48. The first-order chi connectivity index (χ1) is 10.2. The molecule has 2 fully saturated rings. The van der Waals surface area contributed by atoms with Gasteiger partial charge in [0.15, 0.2) is 0 Å². The third-order valence-corrected chi connectivity index (χ3v) is 4.59. The van der Waals surface area contributed by atoms with Crippen LogP contribution in [-0.2, 0) is 20.7 Å². The second-order valence-corrected chi connectivity index (χ2v) is 6.26. The van der Waals surface area contributed by atoms with E-state index in [9.17, 15) is 4.79 Å². The first kappa shape index (κ1) is 14.4. The van der Waals surface area contributed by atoms with Gasteiger partial charge in [-0.25, -0.2) is 0 Å². The molecule has 1 heterocycles. The lowest BCUT2D eigenvalue weighted by molar-refractivity contribution is -0.164. The van der Waals surface area contributed by atoms with Gasteiger partial charge in [0, 0.05) is 18.5 Å². The van der Waals surface area contributed by atoms with Crippen molar-refractivity contribution in [2.75, 3.05) is 12.3 Å². The number of ether oxygens (including phenoxy) is 2. The number of rotatable bonds is 3. The minimum atomic E-state index is -0.153. The van der Waals surface area contributed by atoms with Crippen LogP contribution in [0.1, 0.15) is 44.1 Å². The van der Waals surface area contributed by atoms with Crippen molar-refractivity contribution >= 4 is 11.7 Å². The molecule has 1 aliphatic carbocycles. The number of nitrogens with two attached hydrogens (primary N) is 1. The van der Waals surface area contributed by atoms with Gasteiger partial charge < -0.3 is 15.2 Å². The molecular weight excluding hydrogens is 266 g/mol. The zero-order valence-corrected chi connectivity index (χ0v) is 12.3. The summed E-state index contributed by atoms with van der Waals surface area (Å²) in [4.78, 5) is 12.1. The van der Waals surface area contributed by atoms with Gasteiger partial charge in [0.05, 0.1) is 18.6 Å². The van der Waals surface area contributed by atoms with Gasteiger partial charge in [-0.05, 0) is 30.5 Å². The molecule has 0 amide bonds. The van der Waals surface area contributed by atoms with E-state index in [4.69, 9.17) is 15.2 Å². The van der Waals surface area contributed by atoms with Crippen LogP contribution in [0.15, 0.2) is 24.3 Å². The highest BCUT2D eigenvalue weighted by atomic mass is 16.6. The summed E-state index contributed by atoms with van der Waals surface area (Å²) in [5.41, 5.74) is 7.28. The Bertz CT molecular complexity index is 491. The molecule has 1 saturated carbocycles. The Hall–Kier alpha value is -1.55. The molecule has 4 nitrogen and oxygen atoms in total. The van der Waals surface area contributed by atoms with E-state index in [1.807, 2.05) is 24.3 Å².